The maximum atomic E-state index is 5.44. The Bertz CT molecular complexity index is 180. The minimum Gasteiger partial charge on any atom is -0.381 e. The van der Waals surface area contributed by atoms with Gasteiger partial charge in [-0.1, -0.05) is 0 Å². The fourth-order valence-corrected chi connectivity index (χ4v) is 2.52. The van der Waals surface area contributed by atoms with Gasteiger partial charge in [0, 0.05) is 19.2 Å². The average molecular weight is 212 g/mol. The van der Waals surface area contributed by atoms with E-state index in [1.54, 1.807) is 0 Å². The smallest absolute Gasteiger partial charge is 0.0507 e. The van der Waals surface area contributed by atoms with Crippen LogP contribution in [0.4, 0.5) is 0 Å². The van der Waals surface area contributed by atoms with Crippen LogP contribution >= 0.6 is 0 Å². The van der Waals surface area contributed by atoms with E-state index in [9.17, 15) is 0 Å². The van der Waals surface area contributed by atoms with Gasteiger partial charge in [-0.15, -0.1) is 0 Å². The number of ether oxygens (including phenoxy) is 1. The molecule has 1 N–H and O–H groups in total. The normalized spacial score (nSPS) is 35.0. The predicted molar refractivity (Wildman–Crippen MR) is 62.1 cm³/mol. The average Bonchev–Trinajstić information content (AvgIpc) is 2.70. The Morgan fingerprint density at radius 1 is 1.33 bits per heavy atom. The van der Waals surface area contributed by atoms with Gasteiger partial charge in [0.1, 0.15) is 0 Å². The van der Waals surface area contributed by atoms with E-state index in [1.807, 2.05) is 0 Å². The summed E-state index contributed by atoms with van der Waals surface area (Å²) < 4.78 is 5.44. The highest BCUT2D eigenvalue weighted by Gasteiger charge is 2.20. The van der Waals surface area contributed by atoms with Crippen molar-refractivity contribution in [3.63, 3.8) is 0 Å². The third-order valence-corrected chi connectivity index (χ3v) is 3.56. The van der Waals surface area contributed by atoms with Crippen molar-refractivity contribution < 1.29 is 4.74 Å². The van der Waals surface area contributed by atoms with Crippen LogP contribution < -0.4 is 5.32 Å². The van der Waals surface area contributed by atoms with Crippen LogP contribution in [0.5, 0.6) is 0 Å². The summed E-state index contributed by atoms with van der Waals surface area (Å²) in [5, 5.41) is 3.55. The van der Waals surface area contributed by atoms with Crippen molar-refractivity contribution in [2.45, 2.75) is 32.2 Å². The molecule has 0 aromatic rings. The molecule has 3 nitrogen and oxygen atoms in total. The Hall–Kier alpha value is -0.120. The summed E-state index contributed by atoms with van der Waals surface area (Å²) in [6.07, 6.45) is 3.84. The molecule has 0 amide bonds. The Kier molecular flexibility index (Phi) is 4.42. The van der Waals surface area contributed by atoms with Crippen molar-refractivity contribution in [1.29, 1.82) is 0 Å². The molecule has 2 aliphatic heterocycles. The molecule has 2 unspecified atom stereocenters. The second-order valence-electron chi connectivity index (χ2n) is 5.03. The first-order valence-corrected chi connectivity index (χ1v) is 6.38. The highest BCUT2D eigenvalue weighted by molar-refractivity contribution is 4.74. The molecule has 0 aliphatic carbocycles. The van der Waals surface area contributed by atoms with Gasteiger partial charge in [0.15, 0.2) is 0 Å². The van der Waals surface area contributed by atoms with Crippen LogP contribution in [-0.2, 0) is 4.74 Å². The van der Waals surface area contributed by atoms with Gasteiger partial charge in [-0.25, -0.2) is 0 Å². The molecule has 0 spiro atoms. The summed E-state index contributed by atoms with van der Waals surface area (Å²) in [6, 6.07) is 0.688. The maximum Gasteiger partial charge on any atom is 0.0507 e. The zero-order chi connectivity index (χ0) is 10.5. The molecule has 0 bridgehead atoms. The summed E-state index contributed by atoms with van der Waals surface area (Å²) in [4.78, 5) is 2.64. The molecule has 0 aromatic carbocycles. The van der Waals surface area contributed by atoms with Gasteiger partial charge in [0.05, 0.1) is 6.61 Å². The van der Waals surface area contributed by atoms with Crippen LogP contribution in [0.2, 0.25) is 0 Å². The number of hydrogen-bond acceptors (Lipinski definition) is 3. The van der Waals surface area contributed by atoms with E-state index >= 15 is 0 Å². The standard InChI is InChI=1S/C12H24N2O/c1-11-3-7-14(6-2-5-13-11)9-12-4-8-15-10-12/h11-13H,2-10H2,1H3. The molecule has 0 radical (unpaired) electrons. The minimum atomic E-state index is 0.688. The quantitative estimate of drug-likeness (QED) is 0.742. The van der Waals surface area contributed by atoms with Gasteiger partial charge in [-0.05, 0) is 51.7 Å². The molecule has 0 aromatic heterocycles. The molecular formula is C12H24N2O. The van der Waals surface area contributed by atoms with Gasteiger partial charge in [0.2, 0.25) is 0 Å². The van der Waals surface area contributed by atoms with E-state index in [2.05, 4.69) is 17.1 Å². The zero-order valence-corrected chi connectivity index (χ0v) is 9.87. The third-order valence-electron chi connectivity index (χ3n) is 3.56. The molecule has 2 atom stereocenters. The van der Waals surface area contributed by atoms with Crippen LogP contribution in [0.25, 0.3) is 0 Å². The van der Waals surface area contributed by atoms with E-state index in [4.69, 9.17) is 4.74 Å². The van der Waals surface area contributed by atoms with Crippen molar-refractivity contribution in [1.82, 2.24) is 10.2 Å². The van der Waals surface area contributed by atoms with Crippen molar-refractivity contribution in [2.24, 2.45) is 5.92 Å². The zero-order valence-electron chi connectivity index (χ0n) is 9.87. The Labute approximate surface area is 93.2 Å². The SMILES string of the molecule is CC1CCN(CC2CCOC2)CCCN1. The molecule has 2 heterocycles. The summed E-state index contributed by atoms with van der Waals surface area (Å²) in [5.74, 6) is 0.799. The van der Waals surface area contributed by atoms with Crippen LogP contribution in [-0.4, -0.2) is 50.3 Å². The van der Waals surface area contributed by atoms with E-state index in [0.29, 0.717) is 6.04 Å². The molecule has 3 heteroatoms. The van der Waals surface area contributed by atoms with Crippen LogP contribution in [0.1, 0.15) is 26.2 Å². The first kappa shape index (κ1) is 11.4. The molecule has 0 saturated carbocycles. The Morgan fingerprint density at radius 3 is 3.07 bits per heavy atom. The van der Waals surface area contributed by atoms with Gasteiger partial charge in [-0.2, -0.15) is 0 Å². The largest absolute Gasteiger partial charge is 0.381 e. The van der Waals surface area contributed by atoms with Gasteiger partial charge in [0.25, 0.3) is 0 Å². The lowest BCUT2D eigenvalue weighted by Crippen LogP contribution is -2.40. The topological polar surface area (TPSA) is 24.5 Å². The molecule has 2 aliphatic rings. The number of rotatable bonds is 2. The summed E-state index contributed by atoms with van der Waals surface area (Å²) in [6.45, 7) is 9.22. The lowest BCUT2D eigenvalue weighted by Gasteiger charge is -2.29. The first-order chi connectivity index (χ1) is 7.34. The molecule has 2 saturated heterocycles. The molecule has 2 rings (SSSR count). The van der Waals surface area contributed by atoms with Crippen molar-refractivity contribution in [2.75, 3.05) is 39.4 Å². The van der Waals surface area contributed by atoms with Crippen LogP contribution in [0, 0.1) is 5.92 Å². The van der Waals surface area contributed by atoms with E-state index in [0.717, 1.165) is 19.1 Å². The number of nitrogens with zero attached hydrogens (tertiary/aromatic N) is 1. The first-order valence-electron chi connectivity index (χ1n) is 6.38. The van der Waals surface area contributed by atoms with Crippen molar-refractivity contribution in [3.05, 3.63) is 0 Å². The second-order valence-corrected chi connectivity index (χ2v) is 5.03. The molecule has 15 heavy (non-hydrogen) atoms. The van der Waals surface area contributed by atoms with Crippen molar-refractivity contribution >= 4 is 0 Å². The van der Waals surface area contributed by atoms with E-state index in [-0.39, 0.29) is 0 Å². The Morgan fingerprint density at radius 2 is 2.27 bits per heavy atom. The molecule has 2 fully saturated rings. The second kappa shape index (κ2) is 5.83. The monoisotopic (exact) mass is 212 g/mol. The highest BCUT2D eigenvalue weighted by Crippen LogP contribution is 2.15. The molecular weight excluding hydrogens is 188 g/mol. The van der Waals surface area contributed by atoms with Gasteiger partial charge >= 0.3 is 0 Å². The highest BCUT2D eigenvalue weighted by atomic mass is 16.5. The maximum absolute atomic E-state index is 5.44. The lowest BCUT2D eigenvalue weighted by molar-refractivity contribution is 0.161. The lowest BCUT2D eigenvalue weighted by atomic mass is 10.1. The Balaban J connectivity index is 1.74. The fourth-order valence-electron chi connectivity index (χ4n) is 2.52. The third kappa shape index (κ3) is 3.74. The van der Waals surface area contributed by atoms with Crippen molar-refractivity contribution in [3.8, 4) is 0 Å². The van der Waals surface area contributed by atoms with Gasteiger partial charge in [-0.3, -0.25) is 0 Å². The van der Waals surface area contributed by atoms with Crippen LogP contribution in [0.3, 0.4) is 0 Å². The van der Waals surface area contributed by atoms with Gasteiger partial charge < -0.3 is 15.0 Å². The van der Waals surface area contributed by atoms with Crippen LogP contribution in [0.15, 0.2) is 0 Å². The fraction of sp³-hybridized carbons (Fsp3) is 1.00. The van der Waals surface area contributed by atoms with E-state index < -0.39 is 0 Å². The van der Waals surface area contributed by atoms with E-state index in [1.165, 1.54) is 45.4 Å². The number of hydrogen-bond donors (Lipinski definition) is 1. The summed E-state index contributed by atoms with van der Waals surface area (Å²) >= 11 is 0. The number of nitrogens with one attached hydrogen (secondary N) is 1. The predicted octanol–water partition coefficient (Wildman–Crippen LogP) is 1.10. The summed E-state index contributed by atoms with van der Waals surface area (Å²) in [7, 11) is 0. The summed E-state index contributed by atoms with van der Waals surface area (Å²) in [5.41, 5.74) is 0. The minimum absolute atomic E-state index is 0.688. The molecule has 88 valence electrons.